The molecule has 3 rings (SSSR count). The molecule has 1 aromatic rings. The van der Waals surface area contributed by atoms with Gasteiger partial charge in [0, 0.05) is 45.3 Å². The summed E-state index contributed by atoms with van der Waals surface area (Å²) in [5, 5.41) is 14.6. The van der Waals surface area contributed by atoms with Crippen LogP contribution in [0.2, 0.25) is 0 Å². The van der Waals surface area contributed by atoms with Gasteiger partial charge >= 0.3 is 0 Å². The monoisotopic (exact) mass is 392 g/mol. The topological polar surface area (TPSA) is 105 Å². The van der Waals surface area contributed by atoms with Crippen molar-refractivity contribution in [1.29, 1.82) is 0 Å². The van der Waals surface area contributed by atoms with Gasteiger partial charge in [0.15, 0.2) is 0 Å². The lowest BCUT2D eigenvalue weighted by molar-refractivity contribution is -0.384. The minimum absolute atomic E-state index is 0. The van der Waals surface area contributed by atoms with Gasteiger partial charge in [-0.3, -0.25) is 10.1 Å². The van der Waals surface area contributed by atoms with Gasteiger partial charge in [-0.05, 0) is 12.1 Å². The number of anilines is 1. The van der Waals surface area contributed by atoms with E-state index >= 15 is 0 Å². The highest BCUT2D eigenvalue weighted by molar-refractivity contribution is 7.89. The SMILES string of the molecule is Cl.O=[N+]([O-])c1cc(S(=O)(=O)N2CCOCC2)ccc1N1CCNCC1. The van der Waals surface area contributed by atoms with Crippen LogP contribution in [0.1, 0.15) is 0 Å². The van der Waals surface area contributed by atoms with E-state index in [0.717, 1.165) is 13.1 Å². The van der Waals surface area contributed by atoms with E-state index in [1.165, 1.54) is 22.5 Å². The number of piperazine rings is 1. The maximum atomic E-state index is 12.7. The maximum absolute atomic E-state index is 12.7. The van der Waals surface area contributed by atoms with E-state index in [4.69, 9.17) is 4.74 Å². The highest BCUT2D eigenvalue weighted by Crippen LogP contribution is 2.32. The third-order valence-electron chi connectivity index (χ3n) is 4.21. The quantitative estimate of drug-likeness (QED) is 0.585. The van der Waals surface area contributed by atoms with E-state index in [1.54, 1.807) is 0 Å². The molecule has 2 saturated heterocycles. The molecular weight excluding hydrogens is 372 g/mol. The van der Waals surface area contributed by atoms with E-state index in [1.807, 2.05) is 4.90 Å². The summed E-state index contributed by atoms with van der Waals surface area (Å²) in [7, 11) is -3.75. The first kappa shape index (κ1) is 19.9. The zero-order chi connectivity index (χ0) is 17.2. The Bertz CT molecular complexity index is 718. The highest BCUT2D eigenvalue weighted by atomic mass is 35.5. The first-order valence-electron chi connectivity index (χ1n) is 7.82. The Morgan fingerprint density at radius 1 is 1.12 bits per heavy atom. The number of ether oxygens (including phenoxy) is 1. The van der Waals surface area contributed by atoms with Crippen molar-refractivity contribution in [2.45, 2.75) is 4.90 Å². The number of nitro groups is 1. The molecule has 25 heavy (non-hydrogen) atoms. The molecule has 0 spiro atoms. The Morgan fingerprint density at radius 3 is 2.36 bits per heavy atom. The third-order valence-corrected chi connectivity index (χ3v) is 6.10. The predicted octanol–water partition coefficient (Wildman–Crippen LogP) is 0.447. The molecule has 2 heterocycles. The number of nitrogens with zero attached hydrogens (tertiary/aromatic N) is 3. The van der Waals surface area contributed by atoms with Crippen molar-refractivity contribution in [2.75, 3.05) is 57.4 Å². The largest absolute Gasteiger partial charge is 0.379 e. The Labute approximate surface area is 152 Å². The van der Waals surface area contributed by atoms with Crippen molar-refractivity contribution in [3.8, 4) is 0 Å². The number of benzene rings is 1. The van der Waals surface area contributed by atoms with Gasteiger partial charge in [-0.1, -0.05) is 0 Å². The summed E-state index contributed by atoms with van der Waals surface area (Å²) in [5.74, 6) is 0. The van der Waals surface area contributed by atoms with Gasteiger partial charge in [0.25, 0.3) is 5.69 Å². The van der Waals surface area contributed by atoms with Crippen LogP contribution in [0.15, 0.2) is 23.1 Å². The van der Waals surface area contributed by atoms with E-state index in [-0.39, 0.29) is 36.1 Å². The Morgan fingerprint density at radius 2 is 1.76 bits per heavy atom. The minimum atomic E-state index is -3.75. The van der Waals surface area contributed by atoms with Crippen LogP contribution >= 0.6 is 12.4 Å². The van der Waals surface area contributed by atoms with E-state index in [0.29, 0.717) is 32.0 Å². The smallest absolute Gasteiger partial charge is 0.293 e. The summed E-state index contributed by atoms with van der Waals surface area (Å²) in [6.07, 6.45) is 0. The summed E-state index contributed by atoms with van der Waals surface area (Å²) in [5.41, 5.74) is 0.286. The molecule has 140 valence electrons. The number of nitrogens with one attached hydrogen (secondary N) is 1. The van der Waals surface area contributed by atoms with E-state index < -0.39 is 14.9 Å². The molecule has 2 fully saturated rings. The first-order chi connectivity index (χ1) is 11.5. The standard InChI is InChI=1S/C14H20N4O5S.ClH/c19-18(20)14-11-12(24(21,22)17-7-9-23-10-8-17)1-2-13(14)16-5-3-15-4-6-16;/h1-2,11,15H,3-10H2;1H. The highest BCUT2D eigenvalue weighted by Gasteiger charge is 2.30. The molecule has 0 atom stereocenters. The van der Waals surface area contributed by atoms with Gasteiger partial charge in [0.1, 0.15) is 5.69 Å². The Balaban J connectivity index is 0.00000225. The number of hydrogen-bond donors (Lipinski definition) is 1. The zero-order valence-corrected chi connectivity index (χ0v) is 15.2. The number of rotatable bonds is 4. The normalized spacial score (nSPS) is 19.3. The molecule has 0 saturated carbocycles. The molecule has 0 amide bonds. The average molecular weight is 393 g/mol. The molecule has 0 unspecified atom stereocenters. The maximum Gasteiger partial charge on any atom is 0.293 e. The van der Waals surface area contributed by atoms with Crippen LogP contribution in [0, 0.1) is 10.1 Å². The summed E-state index contributed by atoms with van der Waals surface area (Å²) in [6.45, 7) is 3.97. The molecule has 11 heteroatoms. The van der Waals surface area contributed by atoms with Gasteiger partial charge in [0.2, 0.25) is 10.0 Å². The van der Waals surface area contributed by atoms with Crippen LogP contribution in [0.3, 0.4) is 0 Å². The molecule has 1 aromatic carbocycles. The number of sulfonamides is 1. The summed E-state index contributed by atoms with van der Waals surface area (Å²) < 4.78 is 31.8. The van der Waals surface area contributed by atoms with Crippen molar-refractivity contribution in [2.24, 2.45) is 0 Å². The van der Waals surface area contributed by atoms with Crippen LogP contribution in [0.4, 0.5) is 11.4 Å². The van der Waals surface area contributed by atoms with Gasteiger partial charge < -0.3 is 15.0 Å². The predicted molar refractivity (Wildman–Crippen MR) is 95.0 cm³/mol. The number of halogens is 1. The van der Waals surface area contributed by atoms with Crippen molar-refractivity contribution in [1.82, 2.24) is 9.62 Å². The van der Waals surface area contributed by atoms with Gasteiger partial charge in [-0.15, -0.1) is 12.4 Å². The average Bonchev–Trinajstić information content (AvgIpc) is 2.62. The van der Waals surface area contributed by atoms with Crippen LogP contribution < -0.4 is 10.2 Å². The van der Waals surface area contributed by atoms with Gasteiger partial charge in [-0.25, -0.2) is 8.42 Å². The van der Waals surface area contributed by atoms with Crippen molar-refractivity contribution in [3.63, 3.8) is 0 Å². The fourth-order valence-corrected chi connectivity index (χ4v) is 4.35. The Hall–Kier alpha value is -1.46. The second-order valence-electron chi connectivity index (χ2n) is 5.66. The molecule has 2 aliphatic rings. The van der Waals surface area contributed by atoms with Gasteiger partial charge in [-0.2, -0.15) is 4.31 Å². The Kier molecular flexibility index (Phi) is 6.58. The number of nitro benzene ring substituents is 1. The second-order valence-corrected chi connectivity index (χ2v) is 7.60. The molecule has 0 aliphatic carbocycles. The fraction of sp³-hybridized carbons (Fsp3) is 0.571. The van der Waals surface area contributed by atoms with Crippen molar-refractivity contribution in [3.05, 3.63) is 28.3 Å². The molecule has 0 aromatic heterocycles. The molecule has 0 radical (unpaired) electrons. The molecule has 0 bridgehead atoms. The van der Waals surface area contributed by atoms with Crippen molar-refractivity contribution >= 4 is 33.8 Å². The molecule has 2 aliphatic heterocycles. The third kappa shape index (κ3) is 4.21. The van der Waals surface area contributed by atoms with Crippen LogP contribution in [-0.4, -0.2) is 70.1 Å². The molecular formula is C14H21ClN4O5S. The minimum Gasteiger partial charge on any atom is -0.379 e. The number of hydrogen-bond acceptors (Lipinski definition) is 7. The molecule has 1 N–H and O–H groups in total. The van der Waals surface area contributed by atoms with Crippen LogP contribution in [0.25, 0.3) is 0 Å². The lowest BCUT2D eigenvalue weighted by Crippen LogP contribution is -2.43. The summed E-state index contributed by atoms with van der Waals surface area (Å²) in [6, 6.07) is 4.16. The van der Waals surface area contributed by atoms with Crippen LogP contribution in [0.5, 0.6) is 0 Å². The second kappa shape index (κ2) is 8.28. The zero-order valence-electron chi connectivity index (χ0n) is 13.6. The summed E-state index contributed by atoms with van der Waals surface area (Å²) in [4.78, 5) is 12.8. The number of morpholine rings is 1. The lowest BCUT2D eigenvalue weighted by atomic mass is 10.2. The van der Waals surface area contributed by atoms with E-state index in [9.17, 15) is 18.5 Å². The fourth-order valence-electron chi connectivity index (χ4n) is 2.92. The van der Waals surface area contributed by atoms with Crippen molar-refractivity contribution < 1.29 is 18.1 Å². The molecule has 9 nitrogen and oxygen atoms in total. The van der Waals surface area contributed by atoms with Gasteiger partial charge in [0.05, 0.1) is 23.0 Å². The lowest BCUT2D eigenvalue weighted by Gasteiger charge is -2.29. The summed E-state index contributed by atoms with van der Waals surface area (Å²) >= 11 is 0. The first-order valence-corrected chi connectivity index (χ1v) is 9.26. The van der Waals surface area contributed by atoms with Crippen LogP contribution in [-0.2, 0) is 14.8 Å². The van der Waals surface area contributed by atoms with E-state index in [2.05, 4.69) is 5.32 Å².